The van der Waals surface area contributed by atoms with Gasteiger partial charge in [-0.2, -0.15) is 13.2 Å². The van der Waals surface area contributed by atoms with Crippen molar-refractivity contribution in [2.45, 2.75) is 18.6 Å². The molecule has 0 saturated carbocycles. The third-order valence-electron chi connectivity index (χ3n) is 5.17. The molecule has 3 rings (SSSR count). The number of hydrogen-bond acceptors (Lipinski definition) is 5. The molecular weight excluding hydrogens is 515 g/mol. The number of hydrogen-bond donors (Lipinski definition) is 3. The Hall–Kier alpha value is -4.38. The first-order valence-corrected chi connectivity index (χ1v) is 11.0. The zero-order valence-corrected chi connectivity index (χ0v) is 19.6. The van der Waals surface area contributed by atoms with Crippen molar-refractivity contribution in [2.24, 2.45) is 0 Å². The van der Waals surface area contributed by atoms with Gasteiger partial charge in [0.1, 0.15) is 6.04 Å². The highest BCUT2D eigenvalue weighted by atomic mass is 35.5. The number of carboxylic acid groups (broad SMARTS) is 1. The number of nitrogens with zero attached hydrogens (tertiary/aromatic N) is 1. The van der Waals surface area contributed by atoms with Crippen molar-refractivity contribution in [2.75, 3.05) is 10.7 Å². The van der Waals surface area contributed by atoms with E-state index in [0.717, 1.165) is 12.1 Å². The largest absolute Gasteiger partial charge is 0.478 e. The summed E-state index contributed by atoms with van der Waals surface area (Å²) < 4.78 is 40.9. The molecule has 37 heavy (non-hydrogen) atoms. The molecular formula is C25H19ClF3N3O5. The SMILES string of the molecule is O=CC(=O)N(Nc1cc(Cl)ccc1C(F)(F)F)C(Cc1ccccc1)C(=O)Nc1ccccc1C(=O)O. The molecule has 1 atom stereocenters. The molecule has 192 valence electrons. The van der Waals surface area contributed by atoms with Crippen LogP contribution < -0.4 is 10.7 Å². The first-order valence-electron chi connectivity index (χ1n) is 10.6. The van der Waals surface area contributed by atoms with E-state index in [1.54, 1.807) is 30.3 Å². The van der Waals surface area contributed by atoms with Crippen LogP contribution in [-0.4, -0.2) is 40.2 Å². The maximum atomic E-state index is 13.6. The second-order valence-electron chi connectivity index (χ2n) is 7.67. The van der Waals surface area contributed by atoms with Crippen LogP contribution in [0, 0.1) is 0 Å². The quantitative estimate of drug-likeness (QED) is 0.209. The van der Waals surface area contributed by atoms with E-state index in [4.69, 9.17) is 11.6 Å². The van der Waals surface area contributed by atoms with Crippen molar-refractivity contribution in [3.63, 3.8) is 0 Å². The molecule has 3 aromatic carbocycles. The number of carbonyl (C=O) groups is 4. The van der Waals surface area contributed by atoms with Gasteiger partial charge in [0.25, 0.3) is 0 Å². The number of aromatic carboxylic acids is 1. The van der Waals surface area contributed by atoms with E-state index in [0.29, 0.717) is 16.6 Å². The second-order valence-corrected chi connectivity index (χ2v) is 8.11. The summed E-state index contributed by atoms with van der Waals surface area (Å²) in [6, 6.07) is 14.6. The van der Waals surface area contributed by atoms with E-state index in [1.807, 2.05) is 0 Å². The van der Waals surface area contributed by atoms with Gasteiger partial charge in [-0.25, -0.2) is 9.80 Å². The van der Waals surface area contributed by atoms with E-state index in [2.05, 4.69) is 10.7 Å². The van der Waals surface area contributed by atoms with Gasteiger partial charge in [-0.15, -0.1) is 0 Å². The fourth-order valence-corrected chi connectivity index (χ4v) is 3.63. The lowest BCUT2D eigenvalue weighted by Gasteiger charge is -2.31. The van der Waals surface area contributed by atoms with E-state index >= 15 is 0 Å². The molecule has 0 saturated heterocycles. The topological polar surface area (TPSA) is 116 Å². The summed E-state index contributed by atoms with van der Waals surface area (Å²) >= 11 is 5.87. The Morgan fingerprint density at radius 2 is 1.62 bits per heavy atom. The molecule has 0 aliphatic carbocycles. The number of aldehydes is 1. The molecule has 0 aromatic heterocycles. The number of carboxylic acids is 1. The van der Waals surface area contributed by atoms with Crippen LogP contribution in [0.2, 0.25) is 5.02 Å². The fourth-order valence-electron chi connectivity index (χ4n) is 3.46. The van der Waals surface area contributed by atoms with Crippen LogP contribution >= 0.6 is 11.6 Å². The Morgan fingerprint density at radius 3 is 2.24 bits per heavy atom. The highest BCUT2D eigenvalue weighted by Crippen LogP contribution is 2.36. The number of anilines is 2. The summed E-state index contributed by atoms with van der Waals surface area (Å²) in [5.74, 6) is -3.66. The van der Waals surface area contributed by atoms with E-state index in [9.17, 15) is 37.5 Å². The summed E-state index contributed by atoms with van der Waals surface area (Å²) in [6.07, 6.45) is -5.27. The molecule has 0 radical (unpaired) electrons. The van der Waals surface area contributed by atoms with Crippen LogP contribution in [0.15, 0.2) is 72.8 Å². The van der Waals surface area contributed by atoms with Crippen LogP contribution in [0.4, 0.5) is 24.5 Å². The van der Waals surface area contributed by atoms with Gasteiger partial charge in [-0.3, -0.25) is 19.8 Å². The molecule has 2 amide bonds. The molecule has 3 N–H and O–H groups in total. The predicted molar refractivity (Wildman–Crippen MR) is 129 cm³/mol. The van der Waals surface area contributed by atoms with Gasteiger partial charge < -0.3 is 10.4 Å². The zero-order valence-electron chi connectivity index (χ0n) is 18.8. The lowest BCUT2D eigenvalue weighted by Crippen LogP contribution is -2.52. The molecule has 1 unspecified atom stereocenters. The predicted octanol–water partition coefficient (Wildman–Crippen LogP) is 4.66. The Balaban J connectivity index is 2.08. The highest BCUT2D eigenvalue weighted by molar-refractivity contribution is 6.31. The Labute approximate surface area is 213 Å². The van der Waals surface area contributed by atoms with Gasteiger partial charge in [-0.05, 0) is 35.9 Å². The first kappa shape index (κ1) is 27.2. The molecule has 0 heterocycles. The van der Waals surface area contributed by atoms with Crippen LogP contribution in [-0.2, 0) is 27.0 Å². The number of benzene rings is 3. The summed E-state index contributed by atoms with van der Waals surface area (Å²) in [4.78, 5) is 49.1. The van der Waals surface area contributed by atoms with Gasteiger partial charge in [0.2, 0.25) is 12.2 Å². The summed E-state index contributed by atoms with van der Waals surface area (Å²) in [5, 5.41) is 12.2. The van der Waals surface area contributed by atoms with E-state index in [-0.39, 0.29) is 29.0 Å². The monoisotopic (exact) mass is 533 g/mol. The van der Waals surface area contributed by atoms with Crippen LogP contribution in [0.1, 0.15) is 21.5 Å². The van der Waals surface area contributed by atoms with Crippen molar-refractivity contribution >= 4 is 47.0 Å². The maximum absolute atomic E-state index is 13.6. The number of halogens is 4. The zero-order chi connectivity index (χ0) is 27.2. The molecule has 8 nitrogen and oxygen atoms in total. The van der Waals surface area contributed by atoms with Crippen molar-refractivity contribution in [3.8, 4) is 0 Å². The molecule has 3 aromatic rings. The van der Waals surface area contributed by atoms with E-state index in [1.165, 1.54) is 24.3 Å². The maximum Gasteiger partial charge on any atom is 0.418 e. The second kappa shape index (κ2) is 11.6. The van der Waals surface area contributed by atoms with Crippen molar-refractivity contribution in [1.29, 1.82) is 0 Å². The summed E-state index contributed by atoms with van der Waals surface area (Å²) in [6.45, 7) is 0. The number of carbonyl (C=O) groups excluding carboxylic acids is 3. The first-order chi connectivity index (χ1) is 17.5. The fraction of sp³-hybridized carbons (Fsp3) is 0.120. The number of amides is 2. The third kappa shape index (κ3) is 6.85. The Bertz CT molecular complexity index is 1320. The normalized spacial score (nSPS) is 11.8. The van der Waals surface area contributed by atoms with Crippen molar-refractivity contribution in [3.05, 3.63) is 94.5 Å². The number of alkyl halides is 3. The van der Waals surface area contributed by atoms with Gasteiger partial charge in [0, 0.05) is 11.4 Å². The summed E-state index contributed by atoms with van der Waals surface area (Å²) in [5.41, 5.74) is 0.495. The van der Waals surface area contributed by atoms with Gasteiger partial charge in [0.15, 0.2) is 0 Å². The minimum absolute atomic E-state index is 0.103. The smallest absolute Gasteiger partial charge is 0.418 e. The molecule has 0 aliphatic heterocycles. The molecule has 0 spiro atoms. The van der Waals surface area contributed by atoms with Gasteiger partial charge in [-0.1, -0.05) is 54.1 Å². The molecule has 0 aliphatic rings. The molecule has 0 fully saturated rings. The Kier molecular flexibility index (Phi) is 8.51. The lowest BCUT2D eigenvalue weighted by molar-refractivity contribution is -0.142. The van der Waals surface area contributed by atoms with Gasteiger partial charge >= 0.3 is 18.1 Å². The van der Waals surface area contributed by atoms with E-state index < -0.39 is 41.3 Å². The summed E-state index contributed by atoms with van der Waals surface area (Å²) in [7, 11) is 0. The molecule has 12 heteroatoms. The molecule has 0 bridgehead atoms. The number of hydrazine groups is 1. The van der Waals surface area contributed by atoms with Gasteiger partial charge in [0.05, 0.1) is 22.5 Å². The average Bonchev–Trinajstić information content (AvgIpc) is 2.85. The van der Waals surface area contributed by atoms with Crippen LogP contribution in [0.25, 0.3) is 0 Å². The minimum Gasteiger partial charge on any atom is -0.478 e. The number of rotatable bonds is 9. The highest BCUT2D eigenvalue weighted by Gasteiger charge is 2.37. The number of nitrogens with one attached hydrogen (secondary N) is 2. The standard InChI is InChI=1S/C25H19ClF3N3O5/c26-16-10-11-18(25(27,28)29)20(13-16)31-32(22(34)14-33)21(12-15-6-2-1-3-7-15)23(35)30-19-9-5-4-8-17(19)24(36)37/h1-11,13-14,21,31H,12H2,(H,30,35)(H,36,37). The average molecular weight is 534 g/mol. The minimum atomic E-state index is -4.86. The third-order valence-corrected chi connectivity index (χ3v) is 5.40. The Morgan fingerprint density at radius 1 is 0.973 bits per heavy atom. The van der Waals surface area contributed by atoms with Crippen LogP contribution in [0.5, 0.6) is 0 Å². The number of para-hydroxylation sites is 1. The van der Waals surface area contributed by atoms with Crippen molar-refractivity contribution < 1.29 is 37.5 Å². The lowest BCUT2D eigenvalue weighted by atomic mass is 10.0. The van der Waals surface area contributed by atoms with Crippen LogP contribution in [0.3, 0.4) is 0 Å². The van der Waals surface area contributed by atoms with Crippen molar-refractivity contribution in [1.82, 2.24) is 5.01 Å².